The molecule has 40 heavy (non-hydrogen) atoms. The van der Waals surface area contributed by atoms with Crippen molar-refractivity contribution < 1.29 is 28.5 Å². The van der Waals surface area contributed by atoms with E-state index in [1.54, 1.807) is 0 Å². The predicted molar refractivity (Wildman–Crippen MR) is 137 cm³/mol. The minimum Gasteiger partial charge on any atom is -0.465 e. The summed E-state index contributed by atoms with van der Waals surface area (Å²) in [6.45, 7) is 0.701. The van der Waals surface area contributed by atoms with Crippen LogP contribution in [0.1, 0.15) is 57.8 Å². The topological polar surface area (TPSA) is 140 Å². The zero-order valence-electron chi connectivity index (χ0n) is 22.8. The summed E-state index contributed by atoms with van der Waals surface area (Å²) >= 11 is 0. The standard InChI is InChI=1S/C28H37N3O9/c1-29-25(34)30(6-2-4-21(32)37-13-17-8-15-10-19(17)24-23(15)39-24)27(36)31(26(29)35)7-3-5-22(33)38-14-18-9-16-11-28(18)12-20(16)40-28/h15-20,23-24H,2-14H2,1H3/t15?,16?,17-,18?,19?,20?,23?,24?,28?/m1/s1. The lowest BCUT2D eigenvalue weighted by molar-refractivity contribution is -0.218. The molecule has 7 aliphatic rings. The maximum Gasteiger partial charge on any atom is 0.336 e. The van der Waals surface area contributed by atoms with Crippen molar-refractivity contribution in [3.63, 3.8) is 0 Å². The molecule has 4 aliphatic carbocycles. The number of carbonyl (C=O) groups is 2. The van der Waals surface area contributed by atoms with Crippen LogP contribution in [-0.4, -0.2) is 62.8 Å². The van der Waals surface area contributed by atoms with Gasteiger partial charge in [0.1, 0.15) is 0 Å². The van der Waals surface area contributed by atoms with Gasteiger partial charge < -0.3 is 18.9 Å². The summed E-state index contributed by atoms with van der Waals surface area (Å²) in [4.78, 5) is 62.9. The van der Waals surface area contributed by atoms with Crippen LogP contribution in [0.3, 0.4) is 0 Å². The molecule has 8 rings (SSSR count). The average molecular weight is 560 g/mol. The molecule has 1 spiro atoms. The van der Waals surface area contributed by atoms with E-state index in [2.05, 4.69) is 0 Å². The largest absolute Gasteiger partial charge is 0.465 e. The van der Waals surface area contributed by atoms with E-state index in [1.165, 1.54) is 7.05 Å². The van der Waals surface area contributed by atoms with E-state index in [-0.39, 0.29) is 62.2 Å². The molecule has 0 amide bonds. The van der Waals surface area contributed by atoms with Crippen molar-refractivity contribution in [1.29, 1.82) is 0 Å². The van der Waals surface area contributed by atoms with E-state index < -0.39 is 17.1 Å². The van der Waals surface area contributed by atoms with E-state index in [1.807, 2.05) is 0 Å². The number of hydrogen-bond donors (Lipinski definition) is 0. The van der Waals surface area contributed by atoms with E-state index in [4.69, 9.17) is 18.9 Å². The van der Waals surface area contributed by atoms with E-state index in [0.29, 0.717) is 55.2 Å². The van der Waals surface area contributed by atoms with Crippen LogP contribution in [0.5, 0.6) is 0 Å². The fourth-order valence-corrected chi connectivity index (χ4v) is 8.43. The first-order valence-corrected chi connectivity index (χ1v) is 14.8. The Hall–Kier alpha value is -2.73. The summed E-state index contributed by atoms with van der Waals surface area (Å²) in [6.07, 6.45) is 7.18. The van der Waals surface area contributed by atoms with Crippen molar-refractivity contribution >= 4 is 11.9 Å². The van der Waals surface area contributed by atoms with Gasteiger partial charge in [0, 0.05) is 45.3 Å². The van der Waals surface area contributed by atoms with Gasteiger partial charge in [-0.1, -0.05) is 0 Å². The third-order valence-corrected chi connectivity index (χ3v) is 10.6. The van der Waals surface area contributed by atoms with Gasteiger partial charge in [-0.05, 0) is 62.2 Å². The van der Waals surface area contributed by atoms with Gasteiger partial charge >= 0.3 is 29.0 Å². The van der Waals surface area contributed by atoms with Gasteiger partial charge in [0.2, 0.25) is 0 Å². The number of carbonyl (C=O) groups excluding carboxylic acids is 2. The minimum atomic E-state index is -0.742. The van der Waals surface area contributed by atoms with Crippen molar-refractivity contribution in [2.45, 2.75) is 94.8 Å². The van der Waals surface area contributed by atoms with Gasteiger partial charge in [-0.25, -0.2) is 28.1 Å². The molecule has 12 nitrogen and oxygen atoms in total. The highest BCUT2D eigenvalue weighted by atomic mass is 16.6. The molecule has 218 valence electrons. The van der Waals surface area contributed by atoms with E-state index in [0.717, 1.165) is 45.8 Å². The third kappa shape index (κ3) is 4.29. The normalized spacial score (nSPS) is 37.3. The molecule has 12 heteroatoms. The molecule has 1 aromatic heterocycles. The molecule has 3 aliphatic heterocycles. The molecule has 8 unspecified atom stereocenters. The SMILES string of the molecule is Cn1c(=O)n(CCCC(=O)OCC2CC3CC24CC3O4)c(=O)n(CCCC(=O)OC[C@H]2CC3CC2C2OC32)c1=O. The third-order valence-electron chi connectivity index (χ3n) is 10.6. The summed E-state index contributed by atoms with van der Waals surface area (Å²) in [5.74, 6) is 1.57. The average Bonchev–Trinajstić information content (AvgIpc) is 3.26. The smallest absolute Gasteiger partial charge is 0.336 e. The number of nitrogens with zero attached hydrogens (tertiary/aromatic N) is 3. The molecule has 1 aromatic rings. The molecule has 9 atom stereocenters. The van der Waals surface area contributed by atoms with Crippen LogP contribution < -0.4 is 17.1 Å². The summed E-state index contributed by atoms with van der Waals surface area (Å²) in [6, 6.07) is 0. The van der Waals surface area contributed by atoms with Gasteiger partial charge in [-0.3, -0.25) is 9.59 Å². The molecular weight excluding hydrogens is 522 g/mol. The number of fused-ring (bicyclic) bond motifs is 5. The number of aromatic nitrogens is 3. The van der Waals surface area contributed by atoms with Crippen LogP contribution in [-0.2, 0) is 48.7 Å². The van der Waals surface area contributed by atoms with Crippen LogP contribution in [0.2, 0.25) is 0 Å². The lowest BCUT2D eigenvalue weighted by atomic mass is 9.79. The Bertz CT molecular complexity index is 1390. The monoisotopic (exact) mass is 559 g/mol. The maximum absolute atomic E-state index is 13.0. The fourth-order valence-electron chi connectivity index (χ4n) is 8.43. The van der Waals surface area contributed by atoms with Crippen molar-refractivity contribution in [2.75, 3.05) is 13.2 Å². The van der Waals surface area contributed by atoms with Crippen LogP contribution in [0, 0.1) is 29.6 Å². The highest BCUT2D eigenvalue weighted by Gasteiger charge is 2.67. The first kappa shape index (κ1) is 26.2. The second-order valence-electron chi connectivity index (χ2n) is 12.8. The Morgan fingerprint density at radius 3 is 2.05 bits per heavy atom. The Kier molecular flexibility index (Phi) is 6.34. The second kappa shape index (κ2) is 9.68. The van der Waals surface area contributed by atoms with Crippen molar-refractivity contribution in [2.24, 2.45) is 36.6 Å². The number of hydrogen-bond acceptors (Lipinski definition) is 9. The molecule has 0 radical (unpaired) electrons. The molecule has 3 saturated heterocycles. The first-order valence-electron chi connectivity index (χ1n) is 14.8. The van der Waals surface area contributed by atoms with Gasteiger partial charge in [0.25, 0.3) is 0 Å². The van der Waals surface area contributed by atoms with Crippen LogP contribution >= 0.6 is 0 Å². The Labute approximate surface area is 230 Å². The molecular formula is C28H37N3O9. The Morgan fingerprint density at radius 1 is 0.850 bits per heavy atom. The van der Waals surface area contributed by atoms with Gasteiger partial charge in [-0.15, -0.1) is 0 Å². The van der Waals surface area contributed by atoms with Crippen molar-refractivity contribution in [3.05, 3.63) is 31.5 Å². The van der Waals surface area contributed by atoms with Crippen LogP contribution in [0.25, 0.3) is 0 Å². The van der Waals surface area contributed by atoms with Gasteiger partial charge in [0.15, 0.2) is 0 Å². The summed E-state index contributed by atoms with van der Waals surface area (Å²) in [5, 5.41) is 0. The highest BCUT2D eigenvalue weighted by molar-refractivity contribution is 5.69. The zero-order valence-corrected chi connectivity index (χ0v) is 22.8. The molecule has 4 heterocycles. The number of epoxide rings is 1. The Morgan fingerprint density at radius 2 is 1.50 bits per heavy atom. The number of esters is 2. The minimum absolute atomic E-state index is 0.0122. The summed E-state index contributed by atoms with van der Waals surface area (Å²) in [5.41, 5.74) is -2.28. The second-order valence-corrected chi connectivity index (χ2v) is 12.8. The van der Waals surface area contributed by atoms with Crippen molar-refractivity contribution in [3.8, 4) is 0 Å². The number of ether oxygens (including phenoxy) is 4. The quantitative estimate of drug-likeness (QED) is 0.262. The zero-order chi connectivity index (χ0) is 27.8. The van der Waals surface area contributed by atoms with E-state index >= 15 is 0 Å². The number of rotatable bonds is 12. The highest BCUT2D eigenvalue weighted by Crippen LogP contribution is 2.63. The molecule has 7 fully saturated rings. The summed E-state index contributed by atoms with van der Waals surface area (Å²) < 4.78 is 25.4. The van der Waals surface area contributed by atoms with E-state index in [9.17, 15) is 24.0 Å². The lowest BCUT2D eigenvalue weighted by Crippen LogP contribution is -2.53. The summed E-state index contributed by atoms with van der Waals surface area (Å²) in [7, 11) is 1.31. The molecule has 0 aromatic carbocycles. The van der Waals surface area contributed by atoms with Gasteiger partial charge in [0.05, 0.1) is 37.1 Å². The Balaban J connectivity index is 0.874. The fraction of sp³-hybridized carbons (Fsp3) is 0.821. The predicted octanol–water partition coefficient (Wildman–Crippen LogP) is 0.346. The molecule has 4 saturated carbocycles. The van der Waals surface area contributed by atoms with Crippen molar-refractivity contribution in [1.82, 2.24) is 13.7 Å². The maximum atomic E-state index is 13.0. The first-order chi connectivity index (χ1) is 19.2. The molecule has 5 bridgehead atoms. The van der Waals surface area contributed by atoms with Crippen LogP contribution in [0.4, 0.5) is 0 Å². The van der Waals surface area contributed by atoms with Gasteiger partial charge in [-0.2, -0.15) is 0 Å². The molecule has 0 N–H and O–H groups in total. The van der Waals surface area contributed by atoms with Crippen LogP contribution in [0.15, 0.2) is 14.4 Å². The lowest BCUT2D eigenvalue weighted by Gasteiger charge is -2.47.